The third-order valence-corrected chi connectivity index (χ3v) is 6.04. The molecular formula is C24H22N10O2. The molecule has 0 radical (unpaired) electrons. The second kappa shape index (κ2) is 9.23. The molecule has 0 aliphatic carbocycles. The van der Waals surface area contributed by atoms with E-state index in [0.29, 0.717) is 54.7 Å². The van der Waals surface area contributed by atoms with Gasteiger partial charge in [0, 0.05) is 55.4 Å². The van der Waals surface area contributed by atoms with Crippen molar-refractivity contribution in [2.75, 3.05) is 24.6 Å². The average Bonchev–Trinajstić information content (AvgIpc) is 3.55. The second-order valence-corrected chi connectivity index (χ2v) is 8.53. The highest BCUT2D eigenvalue weighted by Crippen LogP contribution is 2.21. The third-order valence-electron chi connectivity index (χ3n) is 6.04. The number of rotatable bonds is 6. The van der Waals surface area contributed by atoms with Crippen LogP contribution in [0.5, 0.6) is 0 Å². The first-order valence-corrected chi connectivity index (χ1v) is 11.5. The zero-order valence-corrected chi connectivity index (χ0v) is 19.5. The van der Waals surface area contributed by atoms with Crippen molar-refractivity contribution >= 4 is 23.5 Å². The number of morpholine rings is 1. The van der Waals surface area contributed by atoms with E-state index in [-0.39, 0.29) is 6.10 Å². The number of aryl methyl sites for hydroxylation is 1. The molecule has 1 aliphatic rings. The summed E-state index contributed by atoms with van der Waals surface area (Å²) >= 11 is 0. The van der Waals surface area contributed by atoms with Crippen molar-refractivity contribution in [2.45, 2.75) is 12.6 Å². The highest BCUT2D eigenvalue weighted by atomic mass is 16.5. The Morgan fingerprint density at radius 1 is 1.03 bits per heavy atom. The fraction of sp³-hybridized carbons (Fsp3) is 0.250. The molecule has 0 amide bonds. The molecule has 1 unspecified atom stereocenters. The van der Waals surface area contributed by atoms with Crippen LogP contribution in [0.15, 0.2) is 55.2 Å². The Hall–Kier alpha value is -4.58. The lowest BCUT2D eigenvalue weighted by Crippen LogP contribution is -2.45. The predicted molar refractivity (Wildman–Crippen MR) is 130 cm³/mol. The van der Waals surface area contributed by atoms with E-state index in [4.69, 9.17) is 9.72 Å². The van der Waals surface area contributed by atoms with Gasteiger partial charge in [-0.05, 0) is 5.56 Å². The monoisotopic (exact) mass is 482 g/mol. The molecule has 0 N–H and O–H groups in total. The van der Waals surface area contributed by atoms with Crippen molar-refractivity contribution < 1.29 is 9.53 Å². The topological polar surface area (TPSA) is 130 Å². The number of nitrogens with zero attached hydrogens (tertiary/aromatic N) is 10. The molecule has 0 spiro atoms. The minimum absolute atomic E-state index is 0.147. The molecule has 1 atom stereocenters. The summed E-state index contributed by atoms with van der Waals surface area (Å²) < 4.78 is 9.46. The molecule has 0 bridgehead atoms. The number of carbonyl (C=O) groups is 1. The molecule has 36 heavy (non-hydrogen) atoms. The SMILES string of the molecule is Cn1cc(-c2cnc3nnn(CC4CN(c5ncc(-c6ccc(C=O)cc6)cn5)CCO4)c3n2)cn1. The molecule has 12 nitrogen and oxygen atoms in total. The van der Waals surface area contributed by atoms with Crippen LogP contribution >= 0.6 is 0 Å². The summed E-state index contributed by atoms with van der Waals surface area (Å²) in [5.41, 5.74) is 5.14. The predicted octanol–water partition coefficient (Wildman–Crippen LogP) is 1.80. The van der Waals surface area contributed by atoms with Crippen LogP contribution in [0.2, 0.25) is 0 Å². The van der Waals surface area contributed by atoms with Gasteiger partial charge < -0.3 is 9.64 Å². The van der Waals surface area contributed by atoms with Crippen molar-refractivity contribution in [2.24, 2.45) is 7.05 Å². The fourth-order valence-electron chi connectivity index (χ4n) is 4.16. The number of fused-ring (bicyclic) bond motifs is 1. The number of aldehydes is 1. The van der Waals surface area contributed by atoms with Crippen LogP contribution in [-0.4, -0.2) is 76.8 Å². The zero-order chi connectivity index (χ0) is 24.5. The van der Waals surface area contributed by atoms with Crippen molar-refractivity contribution in [1.29, 1.82) is 0 Å². The Bertz CT molecular complexity index is 1510. The van der Waals surface area contributed by atoms with Gasteiger partial charge in [-0.25, -0.2) is 24.6 Å². The fourth-order valence-corrected chi connectivity index (χ4v) is 4.16. The lowest BCUT2D eigenvalue weighted by Gasteiger charge is -2.32. The van der Waals surface area contributed by atoms with Gasteiger partial charge in [0.2, 0.25) is 11.6 Å². The molecule has 1 aliphatic heterocycles. The molecule has 1 fully saturated rings. The van der Waals surface area contributed by atoms with E-state index >= 15 is 0 Å². The zero-order valence-electron chi connectivity index (χ0n) is 19.5. The Balaban J connectivity index is 1.17. The number of anilines is 1. The molecule has 0 saturated carbocycles. The van der Waals surface area contributed by atoms with Crippen LogP contribution < -0.4 is 4.90 Å². The van der Waals surface area contributed by atoms with Crippen LogP contribution in [0.1, 0.15) is 10.4 Å². The Kier molecular flexibility index (Phi) is 5.62. The molecule has 1 saturated heterocycles. The van der Waals surface area contributed by atoms with Crippen molar-refractivity contribution in [1.82, 2.24) is 44.7 Å². The van der Waals surface area contributed by atoms with Gasteiger partial charge in [0.15, 0.2) is 5.65 Å². The Morgan fingerprint density at radius 3 is 2.61 bits per heavy atom. The maximum atomic E-state index is 10.9. The molecule has 5 aromatic rings. The molecular weight excluding hydrogens is 460 g/mol. The quantitative estimate of drug-likeness (QED) is 0.330. The molecule has 1 aromatic carbocycles. The maximum Gasteiger partial charge on any atom is 0.225 e. The van der Waals surface area contributed by atoms with E-state index in [1.54, 1.807) is 46.3 Å². The maximum absolute atomic E-state index is 10.9. The number of carbonyl (C=O) groups excluding carboxylic acids is 1. The summed E-state index contributed by atoms with van der Waals surface area (Å²) in [6.45, 7) is 2.30. The Labute approximate surface area is 205 Å². The third kappa shape index (κ3) is 4.29. The first-order valence-electron chi connectivity index (χ1n) is 11.5. The molecule has 180 valence electrons. The Morgan fingerprint density at radius 2 is 1.86 bits per heavy atom. The first kappa shape index (κ1) is 21.9. The summed E-state index contributed by atoms with van der Waals surface area (Å²) in [4.78, 5) is 31.2. The summed E-state index contributed by atoms with van der Waals surface area (Å²) in [6, 6.07) is 7.33. The lowest BCUT2D eigenvalue weighted by atomic mass is 10.1. The molecule has 5 heterocycles. The van der Waals surface area contributed by atoms with Crippen molar-refractivity contribution in [3.05, 3.63) is 60.8 Å². The summed E-state index contributed by atoms with van der Waals surface area (Å²) in [5.74, 6) is 0.638. The summed E-state index contributed by atoms with van der Waals surface area (Å²) in [6.07, 6.45) is 9.58. The van der Waals surface area contributed by atoms with E-state index in [0.717, 1.165) is 23.0 Å². The van der Waals surface area contributed by atoms with Crippen LogP contribution in [0, 0.1) is 0 Å². The smallest absolute Gasteiger partial charge is 0.225 e. The summed E-state index contributed by atoms with van der Waals surface area (Å²) in [5, 5.41) is 12.6. The minimum atomic E-state index is -0.147. The van der Waals surface area contributed by atoms with Crippen LogP contribution in [0.3, 0.4) is 0 Å². The number of hydrogen-bond acceptors (Lipinski definition) is 10. The van der Waals surface area contributed by atoms with E-state index in [1.807, 2.05) is 25.4 Å². The summed E-state index contributed by atoms with van der Waals surface area (Å²) in [7, 11) is 1.86. The number of aromatic nitrogens is 9. The van der Waals surface area contributed by atoms with Crippen LogP contribution in [0.4, 0.5) is 5.95 Å². The molecule has 4 aromatic heterocycles. The van der Waals surface area contributed by atoms with E-state index in [2.05, 4.69) is 35.3 Å². The first-order chi connectivity index (χ1) is 17.7. The van der Waals surface area contributed by atoms with Gasteiger partial charge in [0.05, 0.1) is 37.3 Å². The van der Waals surface area contributed by atoms with Gasteiger partial charge in [-0.3, -0.25) is 9.48 Å². The number of ether oxygens (including phenoxy) is 1. The lowest BCUT2D eigenvalue weighted by molar-refractivity contribution is 0.0273. The average molecular weight is 483 g/mol. The number of hydrogen-bond donors (Lipinski definition) is 0. The molecule has 12 heteroatoms. The number of benzene rings is 1. The normalized spacial score (nSPS) is 15.9. The van der Waals surface area contributed by atoms with Crippen LogP contribution in [0.25, 0.3) is 33.7 Å². The van der Waals surface area contributed by atoms with Gasteiger partial charge in [-0.2, -0.15) is 5.10 Å². The standard InChI is InChI=1S/C24H22N10O2/c1-32-12-19(10-28-32)21-11-25-22-23(29-21)34(31-30-22)14-20-13-33(6-7-36-20)24-26-8-18(9-27-24)17-4-2-16(15-35)3-5-17/h2-5,8-12,15,20H,6-7,13-14H2,1H3. The largest absolute Gasteiger partial charge is 0.373 e. The highest BCUT2D eigenvalue weighted by Gasteiger charge is 2.24. The van der Waals surface area contributed by atoms with Crippen LogP contribution in [-0.2, 0) is 18.3 Å². The van der Waals surface area contributed by atoms with E-state index in [1.165, 1.54) is 0 Å². The second-order valence-electron chi connectivity index (χ2n) is 8.53. The van der Waals surface area contributed by atoms with E-state index in [9.17, 15) is 4.79 Å². The minimum Gasteiger partial charge on any atom is -0.373 e. The van der Waals surface area contributed by atoms with Gasteiger partial charge >= 0.3 is 0 Å². The van der Waals surface area contributed by atoms with E-state index < -0.39 is 0 Å². The van der Waals surface area contributed by atoms with Gasteiger partial charge in [0.1, 0.15) is 6.29 Å². The molecule has 6 rings (SSSR count). The van der Waals surface area contributed by atoms with Gasteiger partial charge in [-0.15, -0.1) is 5.10 Å². The van der Waals surface area contributed by atoms with Crippen molar-refractivity contribution in [3.63, 3.8) is 0 Å². The van der Waals surface area contributed by atoms with Crippen molar-refractivity contribution in [3.8, 4) is 22.4 Å². The van der Waals surface area contributed by atoms with Gasteiger partial charge in [-0.1, -0.05) is 29.5 Å². The van der Waals surface area contributed by atoms with Gasteiger partial charge in [0.25, 0.3) is 0 Å². The highest BCUT2D eigenvalue weighted by molar-refractivity contribution is 5.76.